The van der Waals surface area contributed by atoms with Gasteiger partial charge in [0.2, 0.25) is 0 Å². The monoisotopic (exact) mass is 321 g/mol. The third-order valence-corrected chi connectivity index (χ3v) is 3.11. The van der Waals surface area contributed by atoms with E-state index in [2.05, 4.69) is 21.2 Å². The molecule has 2 aromatic rings. The Morgan fingerprint density at radius 2 is 1.79 bits per heavy atom. The second kappa shape index (κ2) is 7.04. The van der Waals surface area contributed by atoms with Crippen LogP contribution >= 0.6 is 15.9 Å². The van der Waals surface area contributed by atoms with Gasteiger partial charge in [-0.25, -0.2) is 0 Å². The van der Waals surface area contributed by atoms with Crippen LogP contribution < -0.4 is 14.8 Å². The molecule has 0 bridgehead atoms. The van der Waals surface area contributed by atoms with E-state index < -0.39 is 0 Å². The van der Waals surface area contributed by atoms with Crippen molar-refractivity contribution in [2.45, 2.75) is 0 Å². The largest absolute Gasteiger partial charge is 0.497 e. The molecule has 0 saturated heterocycles. The molecule has 2 rings (SSSR count). The predicted octanol–water partition coefficient (Wildman–Crippen LogP) is 3.95. The summed E-state index contributed by atoms with van der Waals surface area (Å²) in [6.07, 6.45) is 0. The van der Waals surface area contributed by atoms with Crippen LogP contribution in [0.4, 0.5) is 5.69 Å². The second-order valence-corrected chi connectivity index (χ2v) is 4.88. The van der Waals surface area contributed by atoms with E-state index in [1.807, 2.05) is 48.5 Å². The summed E-state index contributed by atoms with van der Waals surface area (Å²) in [4.78, 5) is 0. The van der Waals surface area contributed by atoms with Gasteiger partial charge in [-0.3, -0.25) is 0 Å². The number of ether oxygens (including phenoxy) is 2. The van der Waals surface area contributed by atoms with Crippen molar-refractivity contribution in [1.82, 2.24) is 0 Å². The Morgan fingerprint density at radius 1 is 1.05 bits per heavy atom. The minimum absolute atomic E-state index is 0.600. The quantitative estimate of drug-likeness (QED) is 0.817. The van der Waals surface area contributed by atoms with Gasteiger partial charge in [-0.15, -0.1) is 0 Å². The summed E-state index contributed by atoms with van der Waals surface area (Å²) in [5.41, 5.74) is 1.08. The van der Waals surface area contributed by atoms with Gasteiger partial charge in [0.25, 0.3) is 0 Å². The molecule has 4 heteroatoms. The first-order chi connectivity index (χ1) is 9.28. The fourth-order valence-electron chi connectivity index (χ4n) is 1.62. The van der Waals surface area contributed by atoms with E-state index in [4.69, 9.17) is 9.47 Å². The number of hydrogen-bond acceptors (Lipinski definition) is 3. The Bertz CT molecular complexity index is 514. The smallest absolute Gasteiger partial charge is 0.123 e. The van der Waals surface area contributed by atoms with Crippen LogP contribution in [-0.2, 0) is 0 Å². The molecule has 0 aliphatic heterocycles. The van der Waals surface area contributed by atoms with E-state index in [9.17, 15) is 0 Å². The van der Waals surface area contributed by atoms with Crippen LogP contribution in [-0.4, -0.2) is 20.3 Å². The third-order valence-electron chi connectivity index (χ3n) is 2.59. The Balaban J connectivity index is 1.75. The molecular formula is C15H16BrNO2. The maximum atomic E-state index is 5.64. The highest BCUT2D eigenvalue weighted by Gasteiger charge is 1.97. The fourth-order valence-corrected chi connectivity index (χ4v) is 1.89. The van der Waals surface area contributed by atoms with Crippen molar-refractivity contribution in [3.8, 4) is 11.5 Å². The van der Waals surface area contributed by atoms with Crippen molar-refractivity contribution in [1.29, 1.82) is 0 Å². The fraction of sp³-hybridized carbons (Fsp3) is 0.200. The molecular weight excluding hydrogens is 306 g/mol. The van der Waals surface area contributed by atoms with Gasteiger partial charge >= 0.3 is 0 Å². The van der Waals surface area contributed by atoms with Crippen LogP contribution in [0.3, 0.4) is 0 Å². The lowest BCUT2D eigenvalue weighted by Crippen LogP contribution is -2.11. The van der Waals surface area contributed by atoms with Gasteiger partial charge < -0.3 is 14.8 Å². The zero-order chi connectivity index (χ0) is 13.5. The minimum atomic E-state index is 0.600. The summed E-state index contributed by atoms with van der Waals surface area (Å²) in [5.74, 6) is 1.62. The molecule has 0 unspecified atom stereocenters. The molecule has 100 valence electrons. The summed E-state index contributed by atoms with van der Waals surface area (Å²) in [7, 11) is 1.65. The van der Waals surface area contributed by atoms with Crippen molar-refractivity contribution in [3.05, 3.63) is 53.0 Å². The second-order valence-electron chi connectivity index (χ2n) is 3.96. The molecule has 19 heavy (non-hydrogen) atoms. The highest BCUT2D eigenvalue weighted by atomic mass is 79.9. The summed E-state index contributed by atoms with van der Waals surface area (Å²) >= 11 is 3.41. The van der Waals surface area contributed by atoms with E-state index in [0.29, 0.717) is 6.61 Å². The van der Waals surface area contributed by atoms with E-state index in [-0.39, 0.29) is 0 Å². The standard InChI is InChI=1S/C15H16BrNO2/c1-18-14-3-2-4-15(11-14)19-10-9-17-13-7-5-12(16)6-8-13/h2-8,11,17H,9-10H2,1H3. The number of halogens is 1. The average Bonchev–Trinajstić information content (AvgIpc) is 2.46. The lowest BCUT2D eigenvalue weighted by Gasteiger charge is -2.09. The Morgan fingerprint density at radius 3 is 2.53 bits per heavy atom. The van der Waals surface area contributed by atoms with E-state index >= 15 is 0 Å². The molecule has 3 nitrogen and oxygen atoms in total. The molecule has 0 aliphatic carbocycles. The average molecular weight is 322 g/mol. The number of anilines is 1. The molecule has 0 aromatic heterocycles. The number of methoxy groups -OCH3 is 1. The molecule has 0 spiro atoms. The first-order valence-corrected chi connectivity index (χ1v) is 6.83. The van der Waals surface area contributed by atoms with Crippen LogP contribution in [0.1, 0.15) is 0 Å². The van der Waals surface area contributed by atoms with Crippen LogP contribution in [0.5, 0.6) is 11.5 Å². The Labute approximate surface area is 121 Å². The van der Waals surface area contributed by atoms with Crippen LogP contribution in [0.25, 0.3) is 0 Å². The lowest BCUT2D eigenvalue weighted by atomic mass is 10.3. The van der Waals surface area contributed by atoms with Gasteiger partial charge in [0.1, 0.15) is 18.1 Å². The SMILES string of the molecule is COc1cccc(OCCNc2ccc(Br)cc2)c1. The van der Waals surface area contributed by atoms with E-state index in [1.165, 1.54) is 0 Å². The summed E-state index contributed by atoms with van der Waals surface area (Å²) in [6, 6.07) is 15.7. The first-order valence-electron chi connectivity index (χ1n) is 6.04. The zero-order valence-electron chi connectivity index (χ0n) is 10.7. The number of nitrogens with one attached hydrogen (secondary N) is 1. The van der Waals surface area contributed by atoms with Gasteiger partial charge in [-0.1, -0.05) is 22.0 Å². The normalized spacial score (nSPS) is 10.0. The first kappa shape index (κ1) is 13.7. The number of hydrogen-bond donors (Lipinski definition) is 1. The van der Waals surface area contributed by atoms with Gasteiger partial charge in [-0.05, 0) is 36.4 Å². The van der Waals surface area contributed by atoms with Crippen molar-refractivity contribution in [2.24, 2.45) is 0 Å². The van der Waals surface area contributed by atoms with Crippen molar-refractivity contribution >= 4 is 21.6 Å². The summed E-state index contributed by atoms with van der Waals surface area (Å²) < 4.78 is 11.9. The van der Waals surface area contributed by atoms with Crippen LogP contribution in [0, 0.1) is 0 Å². The van der Waals surface area contributed by atoms with Gasteiger partial charge in [0.15, 0.2) is 0 Å². The summed E-state index contributed by atoms with van der Waals surface area (Å²) in [6.45, 7) is 1.35. The van der Waals surface area contributed by atoms with Gasteiger partial charge in [0.05, 0.1) is 7.11 Å². The molecule has 0 heterocycles. The maximum Gasteiger partial charge on any atom is 0.123 e. The molecule has 0 fully saturated rings. The van der Waals surface area contributed by atoms with Gasteiger partial charge in [-0.2, -0.15) is 0 Å². The topological polar surface area (TPSA) is 30.5 Å². The molecule has 0 atom stereocenters. The third kappa shape index (κ3) is 4.48. The highest BCUT2D eigenvalue weighted by Crippen LogP contribution is 2.18. The molecule has 2 aromatic carbocycles. The maximum absolute atomic E-state index is 5.64. The summed E-state index contributed by atoms with van der Waals surface area (Å²) in [5, 5.41) is 3.29. The van der Waals surface area contributed by atoms with E-state index in [1.54, 1.807) is 7.11 Å². The Hall–Kier alpha value is -1.68. The number of benzene rings is 2. The molecule has 0 amide bonds. The molecule has 1 N–H and O–H groups in total. The zero-order valence-corrected chi connectivity index (χ0v) is 12.3. The Kier molecular flexibility index (Phi) is 5.10. The highest BCUT2D eigenvalue weighted by molar-refractivity contribution is 9.10. The van der Waals surface area contributed by atoms with Crippen LogP contribution in [0.15, 0.2) is 53.0 Å². The molecule has 0 aliphatic rings. The molecule has 0 radical (unpaired) electrons. The minimum Gasteiger partial charge on any atom is -0.497 e. The van der Waals surface area contributed by atoms with Crippen molar-refractivity contribution in [3.63, 3.8) is 0 Å². The van der Waals surface area contributed by atoms with E-state index in [0.717, 1.165) is 28.2 Å². The predicted molar refractivity (Wildman–Crippen MR) is 81.1 cm³/mol. The van der Waals surface area contributed by atoms with Crippen LogP contribution in [0.2, 0.25) is 0 Å². The number of rotatable bonds is 6. The lowest BCUT2D eigenvalue weighted by molar-refractivity contribution is 0.329. The van der Waals surface area contributed by atoms with Gasteiger partial charge in [0, 0.05) is 22.8 Å². The van der Waals surface area contributed by atoms with Crippen molar-refractivity contribution < 1.29 is 9.47 Å². The molecule has 0 saturated carbocycles. The van der Waals surface area contributed by atoms with Crippen molar-refractivity contribution in [2.75, 3.05) is 25.6 Å².